The van der Waals surface area contributed by atoms with Gasteiger partial charge in [-0.3, -0.25) is 9.59 Å². The third-order valence-electron chi connectivity index (χ3n) is 7.63. The summed E-state index contributed by atoms with van der Waals surface area (Å²) in [6.07, 6.45) is 52.1. The number of rotatable bonds is 33. The van der Waals surface area contributed by atoms with Crippen molar-refractivity contribution >= 4 is 11.9 Å². The van der Waals surface area contributed by atoms with Gasteiger partial charge in [-0.2, -0.15) is 0 Å². The van der Waals surface area contributed by atoms with Gasteiger partial charge >= 0.3 is 11.9 Å². The minimum absolute atomic E-state index is 0.146. The van der Waals surface area contributed by atoms with Gasteiger partial charge in [-0.25, -0.2) is 0 Å². The molecule has 0 amide bonds. The molecule has 5 nitrogen and oxygen atoms in total. The van der Waals surface area contributed by atoms with E-state index in [1.54, 1.807) is 0 Å². The average molecular weight is 667 g/mol. The molecule has 0 fully saturated rings. The number of esters is 2. The number of ether oxygens (including phenoxy) is 2. The Balaban J connectivity index is 3.61. The van der Waals surface area contributed by atoms with Crippen molar-refractivity contribution in [2.45, 2.75) is 161 Å². The topological polar surface area (TPSA) is 72.8 Å². The van der Waals surface area contributed by atoms with Crippen LogP contribution in [0.1, 0.15) is 155 Å². The second-order valence-corrected chi connectivity index (χ2v) is 12.3. The van der Waals surface area contributed by atoms with Gasteiger partial charge in [-0.05, 0) is 77.0 Å². The molecule has 0 aliphatic rings. The van der Waals surface area contributed by atoms with Crippen LogP contribution in [-0.4, -0.2) is 36.4 Å². The summed E-state index contributed by atoms with van der Waals surface area (Å²) in [5.41, 5.74) is 0. The van der Waals surface area contributed by atoms with Crippen molar-refractivity contribution in [1.82, 2.24) is 0 Å². The van der Waals surface area contributed by atoms with Gasteiger partial charge in [0.15, 0.2) is 0 Å². The van der Waals surface area contributed by atoms with Gasteiger partial charge in [-0.1, -0.05) is 150 Å². The minimum atomic E-state index is -1.00. The first kappa shape index (κ1) is 45.1. The first-order valence-corrected chi connectivity index (χ1v) is 19.1. The average Bonchev–Trinajstić information content (AvgIpc) is 3.09. The fourth-order valence-electron chi connectivity index (χ4n) is 4.75. The van der Waals surface area contributed by atoms with Crippen molar-refractivity contribution in [3.63, 3.8) is 0 Å². The Morgan fingerprint density at radius 1 is 0.458 bits per heavy atom. The molecule has 1 atom stereocenters. The first-order valence-electron chi connectivity index (χ1n) is 19.1. The lowest BCUT2D eigenvalue weighted by Crippen LogP contribution is -2.25. The van der Waals surface area contributed by atoms with Crippen LogP contribution < -0.4 is 0 Å². The van der Waals surface area contributed by atoms with Gasteiger partial charge in [-0.15, -0.1) is 0 Å². The number of hydrogen-bond donors (Lipinski definition) is 1. The Morgan fingerprint density at radius 2 is 0.833 bits per heavy atom. The Kier molecular flexibility index (Phi) is 36.2. The van der Waals surface area contributed by atoms with Gasteiger partial charge in [0.25, 0.3) is 0 Å². The molecule has 0 unspecified atom stereocenters. The van der Waals surface area contributed by atoms with E-state index < -0.39 is 6.10 Å². The number of unbranched alkanes of at least 4 members (excludes halogenated alkanes) is 11. The fourth-order valence-corrected chi connectivity index (χ4v) is 4.75. The van der Waals surface area contributed by atoms with Crippen LogP contribution >= 0.6 is 0 Å². The van der Waals surface area contributed by atoms with Crippen molar-refractivity contribution in [3.8, 4) is 0 Å². The number of aliphatic hydroxyl groups is 1. The maximum absolute atomic E-state index is 11.9. The van der Waals surface area contributed by atoms with Crippen molar-refractivity contribution in [2.24, 2.45) is 0 Å². The van der Waals surface area contributed by atoms with E-state index in [0.29, 0.717) is 12.8 Å². The smallest absolute Gasteiger partial charge is 0.306 e. The zero-order valence-corrected chi connectivity index (χ0v) is 30.7. The van der Waals surface area contributed by atoms with E-state index in [1.165, 1.54) is 64.2 Å². The second kappa shape index (κ2) is 38.5. The molecule has 1 N–H and O–H groups in total. The molecule has 0 aliphatic carbocycles. The molecular weight excluding hydrogens is 596 g/mol. The molecule has 0 radical (unpaired) electrons. The van der Waals surface area contributed by atoms with Crippen LogP contribution in [-0.2, 0) is 19.1 Å². The maximum Gasteiger partial charge on any atom is 0.306 e. The van der Waals surface area contributed by atoms with E-state index >= 15 is 0 Å². The summed E-state index contributed by atoms with van der Waals surface area (Å²) in [5.74, 6) is -0.673. The molecule has 0 aliphatic heterocycles. The van der Waals surface area contributed by atoms with Crippen LogP contribution in [0.25, 0.3) is 0 Å². The number of allylic oxidation sites excluding steroid dienone is 14. The number of carbonyl (C=O) groups excluding carboxylic acids is 2. The lowest BCUT2D eigenvalue weighted by atomic mass is 10.1. The molecular formula is C43H70O5. The maximum atomic E-state index is 11.9. The normalized spacial score (nSPS) is 13.1. The van der Waals surface area contributed by atoms with Crippen molar-refractivity contribution in [2.75, 3.05) is 13.2 Å². The van der Waals surface area contributed by atoms with Gasteiger partial charge in [0, 0.05) is 12.8 Å². The Hall–Kier alpha value is -2.92. The van der Waals surface area contributed by atoms with Crippen LogP contribution in [0, 0.1) is 0 Å². The summed E-state index contributed by atoms with van der Waals surface area (Å²) in [5, 5.41) is 9.99. The Bertz CT molecular complexity index is 937. The SMILES string of the molecule is CC/C=C\C/C=C\C/C=C\C/C=C\C/C=C\C/C=C\CCC(=O)OC[C@H](O)COC(=O)CCCCCCCCC/C=C\CCCCCC. The van der Waals surface area contributed by atoms with E-state index in [-0.39, 0.29) is 31.6 Å². The number of hydrogen-bond acceptors (Lipinski definition) is 5. The first-order chi connectivity index (χ1) is 23.6. The van der Waals surface area contributed by atoms with E-state index in [1.807, 2.05) is 12.2 Å². The molecule has 0 spiro atoms. The van der Waals surface area contributed by atoms with Crippen LogP contribution in [0.3, 0.4) is 0 Å². The van der Waals surface area contributed by atoms with Crippen molar-refractivity contribution in [1.29, 1.82) is 0 Å². The summed E-state index contributed by atoms with van der Waals surface area (Å²) < 4.78 is 10.3. The van der Waals surface area contributed by atoms with Gasteiger partial charge in [0.2, 0.25) is 0 Å². The zero-order chi connectivity index (χ0) is 35.0. The van der Waals surface area contributed by atoms with Crippen LogP contribution in [0.5, 0.6) is 0 Å². The molecule has 0 bridgehead atoms. The molecule has 0 aromatic carbocycles. The van der Waals surface area contributed by atoms with Crippen molar-refractivity contribution < 1.29 is 24.2 Å². The monoisotopic (exact) mass is 667 g/mol. The third-order valence-corrected chi connectivity index (χ3v) is 7.63. The summed E-state index contributed by atoms with van der Waals surface area (Å²) in [6.45, 7) is 4.09. The molecule has 48 heavy (non-hydrogen) atoms. The molecule has 0 rings (SSSR count). The third kappa shape index (κ3) is 37.5. The molecule has 0 heterocycles. The van der Waals surface area contributed by atoms with Gasteiger partial charge in [0.05, 0.1) is 0 Å². The predicted octanol–water partition coefficient (Wildman–Crippen LogP) is 11.9. The molecule has 0 aromatic heterocycles. The molecule has 0 saturated carbocycles. The predicted molar refractivity (Wildman–Crippen MR) is 205 cm³/mol. The Labute approximate surface area is 295 Å². The molecule has 5 heteroatoms. The number of aliphatic hydroxyl groups excluding tert-OH is 1. The molecule has 0 aromatic rings. The van der Waals surface area contributed by atoms with Crippen molar-refractivity contribution in [3.05, 3.63) is 85.1 Å². The van der Waals surface area contributed by atoms with Gasteiger partial charge < -0.3 is 14.6 Å². The van der Waals surface area contributed by atoms with Gasteiger partial charge in [0.1, 0.15) is 19.3 Å². The zero-order valence-electron chi connectivity index (χ0n) is 30.7. The second-order valence-electron chi connectivity index (χ2n) is 12.3. The minimum Gasteiger partial charge on any atom is -0.463 e. The summed E-state index contributed by atoms with van der Waals surface area (Å²) in [7, 11) is 0. The highest BCUT2D eigenvalue weighted by molar-refractivity contribution is 5.70. The summed E-state index contributed by atoms with van der Waals surface area (Å²) in [4.78, 5) is 23.9. The highest BCUT2D eigenvalue weighted by atomic mass is 16.6. The highest BCUT2D eigenvalue weighted by Gasteiger charge is 2.11. The molecule has 0 saturated heterocycles. The molecule has 272 valence electrons. The lowest BCUT2D eigenvalue weighted by Gasteiger charge is -2.12. The summed E-state index contributed by atoms with van der Waals surface area (Å²) >= 11 is 0. The fraction of sp³-hybridized carbons (Fsp3) is 0.628. The van der Waals surface area contributed by atoms with E-state index in [2.05, 4.69) is 86.8 Å². The van der Waals surface area contributed by atoms with Crippen LogP contribution in [0.15, 0.2) is 85.1 Å². The largest absolute Gasteiger partial charge is 0.463 e. The highest BCUT2D eigenvalue weighted by Crippen LogP contribution is 2.11. The van der Waals surface area contributed by atoms with E-state index in [4.69, 9.17) is 9.47 Å². The quantitative estimate of drug-likeness (QED) is 0.0429. The van der Waals surface area contributed by atoms with E-state index in [0.717, 1.165) is 57.8 Å². The lowest BCUT2D eigenvalue weighted by molar-refractivity contribution is -0.152. The van der Waals surface area contributed by atoms with Crippen LogP contribution in [0.2, 0.25) is 0 Å². The van der Waals surface area contributed by atoms with E-state index in [9.17, 15) is 14.7 Å². The Morgan fingerprint density at radius 3 is 1.31 bits per heavy atom. The number of carbonyl (C=O) groups is 2. The van der Waals surface area contributed by atoms with Crippen LogP contribution in [0.4, 0.5) is 0 Å². The standard InChI is InChI=1S/C43H70O5/c1-3-5-7-9-11-13-15-17-19-20-21-22-24-26-28-30-32-34-36-38-43(46)48-40-41(44)39-47-42(45)37-35-33-31-29-27-25-23-18-16-14-12-10-8-6-4-2/h5,7,11,13-14,16-17,19,21-22,26,28,32,34,41,44H,3-4,6,8-10,12,15,18,20,23-25,27,29-31,33,35-40H2,1-2H3/b7-5-,13-11-,16-14-,19-17-,22-21-,28-26-,34-32-/t41-/m1/s1. The summed E-state index contributed by atoms with van der Waals surface area (Å²) in [6, 6.07) is 0.